The van der Waals surface area contributed by atoms with Crippen molar-refractivity contribution in [2.24, 2.45) is 0 Å². The monoisotopic (exact) mass is 420 g/mol. The van der Waals surface area contributed by atoms with Gasteiger partial charge in [0.2, 0.25) is 0 Å². The summed E-state index contributed by atoms with van der Waals surface area (Å²) in [4.78, 5) is 36.2. The number of rotatable bonds is 9. The lowest BCUT2D eigenvalue weighted by Crippen LogP contribution is -2.36. The molecular formula is C24H24N2O5. The van der Waals surface area contributed by atoms with E-state index in [9.17, 15) is 14.4 Å². The summed E-state index contributed by atoms with van der Waals surface area (Å²) < 4.78 is 10.1. The number of aryl methyl sites for hydroxylation is 1. The Morgan fingerprint density at radius 2 is 1.71 bits per heavy atom. The number of furan rings is 1. The number of nitrogens with one attached hydrogen (secondary N) is 2. The number of esters is 1. The van der Waals surface area contributed by atoms with Crippen molar-refractivity contribution in [1.82, 2.24) is 5.32 Å². The fraction of sp³-hybridized carbons (Fsp3) is 0.208. The van der Waals surface area contributed by atoms with Gasteiger partial charge in [-0.05, 0) is 61.7 Å². The number of hydrogen-bond acceptors (Lipinski definition) is 5. The van der Waals surface area contributed by atoms with Gasteiger partial charge in [0.15, 0.2) is 12.4 Å². The van der Waals surface area contributed by atoms with E-state index in [0.29, 0.717) is 5.69 Å². The summed E-state index contributed by atoms with van der Waals surface area (Å²) in [5.74, 6) is -1.17. The van der Waals surface area contributed by atoms with E-state index in [-0.39, 0.29) is 29.9 Å². The van der Waals surface area contributed by atoms with Crippen LogP contribution in [0.25, 0.3) is 0 Å². The molecule has 0 bridgehead atoms. The van der Waals surface area contributed by atoms with Gasteiger partial charge in [0.1, 0.15) is 0 Å². The molecule has 1 aromatic heterocycles. The molecule has 2 aromatic carbocycles. The van der Waals surface area contributed by atoms with E-state index in [1.165, 1.54) is 24.0 Å². The van der Waals surface area contributed by atoms with Crippen LogP contribution in [0.1, 0.15) is 39.8 Å². The highest BCUT2D eigenvalue weighted by Gasteiger charge is 2.13. The van der Waals surface area contributed by atoms with Crippen LogP contribution in [0.15, 0.2) is 77.4 Å². The maximum atomic E-state index is 12.2. The summed E-state index contributed by atoms with van der Waals surface area (Å²) >= 11 is 0. The van der Waals surface area contributed by atoms with E-state index < -0.39 is 11.9 Å². The average Bonchev–Trinajstić information content (AvgIpc) is 3.32. The van der Waals surface area contributed by atoms with Crippen molar-refractivity contribution in [1.29, 1.82) is 0 Å². The maximum absolute atomic E-state index is 12.2. The largest absolute Gasteiger partial charge is 0.459 e. The first-order valence-electron chi connectivity index (χ1n) is 9.96. The van der Waals surface area contributed by atoms with Crippen LogP contribution in [0.3, 0.4) is 0 Å². The second kappa shape index (κ2) is 10.8. The Morgan fingerprint density at radius 3 is 2.39 bits per heavy atom. The van der Waals surface area contributed by atoms with Gasteiger partial charge in [0, 0.05) is 11.7 Å². The molecule has 0 aliphatic heterocycles. The van der Waals surface area contributed by atoms with Crippen molar-refractivity contribution in [2.45, 2.75) is 25.8 Å². The van der Waals surface area contributed by atoms with Gasteiger partial charge in [-0.1, -0.05) is 30.3 Å². The van der Waals surface area contributed by atoms with E-state index >= 15 is 0 Å². The Hall–Kier alpha value is -3.87. The predicted octanol–water partition coefficient (Wildman–Crippen LogP) is 3.83. The summed E-state index contributed by atoms with van der Waals surface area (Å²) in [5.41, 5.74) is 1.99. The van der Waals surface area contributed by atoms with Gasteiger partial charge in [0.25, 0.3) is 11.8 Å². The Labute approximate surface area is 180 Å². The first kappa shape index (κ1) is 21.8. The smallest absolute Gasteiger partial charge is 0.338 e. The average molecular weight is 420 g/mol. The quantitative estimate of drug-likeness (QED) is 0.513. The fourth-order valence-electron chi connectivity index (χ4n) is 2.92. The van der Waals surface area contributed by atoms with Crippen LogP contribution in [0.2, 0.25) is 0 Å². The third-order valence-corrected chi connectivity index (χ3v) is 4.57. The summed E-state index contributed by atoms with van der Waals surface area (Å²) in [6.07, 6.45) is 3.05. The molecule has 3 aromatic rings. The summed E-state index contributed by atoms with van der Waals surface area (Å²) in [6.45, 7) is 1.56. The summed E-state index contributed by atoms with van der Waals surface area (Å²) in [6, 6.07) is 19.3. The van der Waals surface area contributed by atoms with Crippen LogP contribution in [-0.2, 0) is 16.0 Å². The lowest BCUT2D eigenvalue weighted by atomic mass is 10.1. The molecule has 2 amide bonds. The zero-order valence-electron chi connectivity index (χ0n) is 17.2. The second-order valence-corrected chi connectivity index (χ2v) is 7.08. The van der Waals surface area contributed by atoms with Crippen LogP contribution in [-0.4, -0.2) is 30.4 Å². The number of carbonyl (C=O) groups is 3. The minimum atomic E-state index is -0.615. The zero-order chi connectivity index (χ0) is 22.1. The van der Waals surface area contributed by atoms with Gasteiger partial charge in [-0.2, -0.15) is 0 Å². The Kier molecular flexibility index (Phi) is 7.59. The van der Waals surface area contributed by atoms with Crippen molar-refractivity contribution in [2.75, 3.05) is 11.9 Å². The van der Waals surface area contributed by atoms with Gasteiger partial charge >= 0.3 is 5.97 Å². The summed E-state index contributed by atoms with van der Waals surface area (Å²) in [5, 5.41) is 5.49. The molecule has 2 N–H and O–H groups in total. The minimum Gasteiger partial charge on any atom is -0.459 e. The molecule has 1 heterocycles. The number of ether oxygens (including phenoxy) is 1. The standard InChI is InChI=1S/C24H24N2O5/c1-17(9-10-18-6-3-2-4-7-18)25-22(27)16-31-24(29)19-11-13-20(14-12-19)26-23(28)21-8-5-15-30-21/h2-8,11-15,17H,9-10,16H2,1H3,(H,25,27)(H,26,28)/t17-/m1/s1. The van der Waals surface area contributed by atoms with E-state index in [2.05, 4.69) is 10.6 Å². The molecule has 0 saturated heterocycles. The molecular weight excluding hydrogens is 396 g/mol. The third-order valence-electron chi connectivity index (χ3n) is 4.57. The SMILES string of the molecule is C[C@H](CCc1ccccc1)NC(=O)COC(=O)c1ccc(NC(=O)c2ccco2)cc1. The molecule has 0 radical (unpaired) electrons. The predicted molar refractivity (Wildman–Crippen MR) is 116 cm³/mol. The molecule has 160 valence electrons. The van der Waals surface area contributed by atoms with Gasteiger partial charge in [-0.25, -0.2) is 4.79 Å². The highest BCUT2D eigenvalue weighted by molar-refractivity contribution is 6.02. The number of hydrogen-bond donors (Lipinski definition) is 2. The molecule has 0 fully saturated rings. The Morgan fingerprint density at radius 1 is 0.968 bits per heavy atom. The number of benzene rings is 2. The van der Waals surface area contributed by atoms with Crippen molar-refractivity contribution in [3.8, 4) is 0 Å². The molecule has 0 aliphatic carbocycles. The number of anilines is 1. The third kappa shape index (κ3) is 6.85. The lowest BCUT2D eigenvalue weighted by Gasteiger charge is -2.14. The van der Waals surface area contributed by atoms with E-state index in [1.807, 2.05) is 37.3 Å². The van der Waals surface area contributed by atoms with Crippen LogP contribution in [0.4, 0.5) is 5.69 Å². The fourth-order valence-corrected chi connectivity index (χ4v) is 2.92. The van der Waals surface area contributed by atoms with Crippen molar-refractivity contribution < 1.29 is 23.5 Å². The molecule has 0 unspecified atom stereocenters. The second-order valence-electron chi connectivity index (χ2n) is 7.08. The Bertz CT molecular complexity index is 998. The minimum absolute atomic E-state index is 0.0385. The lowest BCUT2D eigenvalue weighted by molar-refractivity contribution is -0.124. The maximum Gasteiger partial charge on any atom is 0.338 e. The van der Waals surface area contributed by atoms with Crippen LogP contribution >= 0.6 is 0 Å². The number of amides is 2. The highest BCUT2D eigenvalue weighted by Crippen LogP contribution is 2.13. The normalized spacial score (nSPS) is 11.4. The van der Waals surface area contributed by atoms with Crippen molar-refractivity contribution >= 4 is 23.5 Å². The highest BCUT2D eigenvalue weighted by atomic mass is 16.5. The van der Waals surface area contributed by atoms with Crippen molar-refractivity contribution in [3.63, 3.8) is 0 Å². The van der Waals surface area contributed by atoms with E-state index in [0.717, 1.165) is 12.8 Å². The van der Waals surface area contributed by atoms with Gasteiger partial charge < -0.3 is 19.8 Å². The zero-order valence-corrected chi connectivity index (χ0v) is 17.2. The van der Waals surface area contributed by atoms with Crippen LogP contribution < -0.4 is 10.6 Å². The molecule has 31 heavy (non-hydrogen) atoms. The molecule has 7 heteroatoms. The molecule has 3 rings (SSSR count). The van der Waals surface area contributed by atoms with Crippen LogP contribution in [0.5, 0.6) is 0 Å². The first-order valence-corrected chi connectivity index (χ1v) is 9.96. The van der Waals surface area contributed by atoms with Gasteiger partial charge in [-0.3, -0.25) is 9.59 Å². The van der Waals surface area contributed by atoms with Crippen molar-refractivity contribution in [3.05, 3.63) is 89.9 Å². The van der Waals surface area contributed by atoms with E-state index in [1.54, 1.807) is 24.3 Å². The topological polar surface area (TPSA) is 97.6 Å². The molecule has 7 nitrogen and oxygen atoms in total. The molecule has 0 saturated carbocycles. The Balaban J connectivity index is 1.40. The van der Waals surface area contributed by atoms with E-state index in [4.69, 9.17) is 9.15 Å². The molecule has 0 spiro atoms. The molecule has 1 atom stereocenters. The number of carbonyl (C=O) groups excluding carboxylic acids is 3. The summed E-state index contributed by atoms with van der Waals surface area (Å²) in [7, 11) is 0. The van der Waals surface area contributed by atoms with Gasteiger partial charge in [0.05, 0.1) is 11.8 Å². The van der Waals surface area contributed by atoms with Gasteiger partial charge in [-0.15, -0.1) is 0 Å². The first-order chi connectivity index (χ1) is 15.0. The molecule has 0 aliphatic rings. The van der Waals surface area contributed by atoms with Crippen LogP contribution in [0, 0.1) is 0 Å².